The highest BCUT2D eigenvalue weighted by atomic mass is 32.1. The molecule has 0 radical (unpaired) electrons. The average Bonchev–Trinajstić information content (AvgIpc) is 2.39. The minimum Gasteiger partial charge on any atom is -0.393 e. The monoisotopic (exact) mass is 277 g/mol. The van der Waals surface area contributed by atoms with E-state index in [1.165, 1.54) is 0 Å². The fourth-order valence-electron chi connectivity index (χ4n) is 2.42. The van der Waals surface area contributed by atoms with Crippen molar-refractivity contribution < 1.29 is 4.79 Å². The number of para-hydroxylation sites is 2. The molecular formula is C14H19N3OS. The van der Waals surface area contributed by atoms with Crippen LogP contribution in [0.1, 0.15) is 13.3 Å². The number of fused-ring (bicyclic) bond motifs is 1. The summed E-state index contributed by atoms with van der Waals surface area (Å²) in [5, 5.41) is 0. The molecule has 2 rings (SSSR count). The molecule has 1 unspecified atom stereocenters. The molecule has 1 aromatic rings. The summed E-state index contributed by atoms with van der Waals surface area (Å²) in [4.78, 5) is 16.8. The maximum Gasteiger partial charge on any atom is 0.237 e. The third kappa shape index (κ3) is 2.56. The molecule has 19 heavy (non-hydrogen) atoms. The van der Waals surface area contributed by atoms with Gasteiger partial charge in [-0.2, -0.15) is 0 Å². The number of rotatable bonds is 3. The minimum absolute atomic E-state index is 0.00977. The number of amides is 1. The summed E-state index contributed by atoms with van der Waals surface area (Å²) < 4.78 is 0. The summed E-state index contributed by atoms with van der Waals surface area (Å²) in [7, 11) is 2.03. The lowest BCUT2D eigenvalue weighted by molar-refractivity contribution is -0.120. The minimum atomic E-state index is -0.369. The fourth-order valence-corrected chi connectivity index (χ4v) is 2.69. The lowest BCUT2D eigenvalue weighted by atomic mass is 10.0. The lowest BCUT2D eigenvalue weighted by Gasteiger charge is -2.37. The van der Waals surface area contributed by atoms with Crippen LogP contribution in [0.25, 0.3) is 0 Å². The summed E-state index contributed by atoms with van der Waals surface area (Å²) in [5.41, 5.74) is 7.69. The molecule has 0 saturated carbocycles. The molecule has 2 N–H and O–H groups in total. The number of nitrogens with two attached hydrogens (primary N) is 1. The van der Waals surface area contributed by atoms with E-state index in [2.05, 4.69) is 4.90 Å². The van der Waals surface area contributed by atoms with Crippen molar-refractivity contribution in [1.82, 2.24) is 0 Å². The maximum absolute atomic E-state index is 12.6. The summed E-state index contributed by atoms with van der Waals surface area (Å²) in [6.45, 7) is 3.42. The number of benzene rings is 1. The van der Waals surface area contributed by atoms with Gasteiger partial charge in [-0.3, -0.25) is 4.79 Å². The van der Waals surface area contributed by atoms with E-state index >= 15 is 0 Å². The van der Waals surface area contributed by atoms with E-state index in [1.54, 1.807) is 0 Å². The number of carbonyl (C=O) groups is 1. The van der Waals surface area contributed by atoms with E-state index in [9.17, 15) is 4.79 Å². The predicted molar refractivity (Wildman–Crippen MR) is 82.6 cm³/mol. The lowest BCUT2D eigenvalue weighted by Crippen LogP contribution is -2.47. The molecule has 5 heteroatoms. The van der Waals surface area contributed by atoms with E-state index in [0.29, 0.717) is 13.0 Å². The van der Waals surface area contributed by atoms with Gasteiger partial charge >= 0.3 is 0 Å². The summed E-state index contributed by atoms with van der Waals surface area (Å²) >= 11 is 5.00. The number of likely N-dealkylation sites (N-methyl/N-ethyl adjacent to an activating group) is 1. The first-order valence-corrected chi connectivity index (χ1v) is 6.88. The normalized spacial score (nSPS) is 15.9. The van der Waals surface area contributed by atoms with Crippen LogP contribution in [0.5, 0.6) is 0 Å². The number of nitrogens with zero attached hydrogens (tertiary/aromatic N) is 2. The van der Waals surface area contributed by atoms with E-state index in [0.717, 1.165) is 17.9 Å². The van der Waals surface area contributed by atoms with Crippen molar-refractivity contribution in [1.29, 1.82) is 0 Å². The molecule has 1 heterocycles. The summed E-state index contributed by atoms with van der Waals surface area (Å²) in [6.07, 6.45) is 0.642. The molecule has 4 nitrogen and oxygen atoms in total. The van der Waals surface area contributed by atoms with Crippen molar-refractivity contribution in [3.63, 3.8) is 0 Å². The molecule has 0 aliphatic carbocycles. The second-order valence-electron chi connectivity index (χ2n) is 4.76. The molecule has 102 valence electrons. The molecule has 0 aromatic heterocycles. The fraction of sp³-hybridized carbons (Fsp3) is 0.429. The molecule has 0 bridgehead atoms. The maximum atomic E-state index is 12.6. The zero-order valence-electron chi connectivity index (χ0n) is 11.3. The average molecular weight is 277 g/mol. The molecule has 1 aliphatic heterocycles. The van der Waals surface area contributed by atoms with Crippen molar-refractivity contribution in [2.45, 2.75) is 13.3 Å². The third-order valence-electron chi connectivity index (χ3n) is 3.56. The summed E-state index contributed by atoms with van der Waals surface area (Å²) in [6, 6.07) is 7.92. The molecule has 0 fully saturated rings. The quantitative estimate of drug-likeness (QED) is 0.856. The Morgan fingerprint density at radius 2 is 2.00 bits per heavy atom. The Hall–Kier alpha value is -1.62. The molecule has 1 aliphatic rings. The van der Waals surface area contributed by atoms with Gasteiger partial charge in [0.1, 0.15) is 0 Å². The van der Waals surface area contributed by atoms with Crippen LogP contribution in [0.4, 0.5) is 11.4 Å². The van der Waals surface area contributed by atoms with E-state index in [1.807, 2.05) is 43.1 Å². The van der Waals surface area contributed by atoms with Crippen LogP contribution in [-0.2, 0) is 4.79 Å². The van der Waals surface area contributed by atoms with Crippen molar-refractivity contribution in [3.8, 4) is 0 Å². The Bertz CT molecular complexity index is 503. The Balaban J connectivity index is 2.34. The van der Waals surface area contributed by atoms with Crippen LogP contribution in [0.3, 0.4) is 0 Å². The highest BCUT2D eigenvalue weighted by Crippen LogP contribution is 2.32. The molecule has 1 atom stereocenters. The number of carbonyl (C=O) groups excluding carboxylic acids is 1. The van der Waals surface area contributed by atoms with Gasteiger partial charge in [-0.05, 0) is 18.6 Å². The Morgan fingerprint density at radius 3 is 2.58 bits per heavy atom. The van der Waals surface area contributed by atoms with Crippen molar-refractivity contribution >= 4 is 34.5 Å². The van der Waals surface area contributed by atoms with Gasteiger partial charge in [0, 0.05) is 20.1 Å². The van der Waals surface area contributed by atoms with Gasteiger partial charge in [-0.15, -0.1) is 0 Å². The highest BCUT2D eigenvalue weighted by Gasteiger charge is 2.30. The van der Waals surface area contributed by atoms with Gasteiger partial charge in [0.2, 0.25) is 5.91 Å². The SMILES string of the molecule is CCC(C(=O)N1CCN(C)c2ccccc21)C(N)=S. The van der Waals surface area contributed by atoms with Gasteiger partial charge in [0.25, 0.3) is 0 Å². The van der Waals surface area contributed by atoms with Crippen LogP contribution in [0.2, 0.25) is 0 Å². The van der Waals surface area contributed by atoms with E-state index < -0.39 is 0 Å². The first kappa shape index (κ1) is 13.8. The summed E-state index contributed by atoms with van der Waals surface area (Å²) in [5.74, 6) is -0.359. The first-order valence-electron chi connectivity index (χ1n) is 6.47. The number of thiocarbonyl (C=S) groups is 1. The second-order valence-corrected chi connectivity index (χ2v) is 5.23. The third-order valence-corrected chi connectivity index (χ3v) is 3.84. The molecular weight excluding hydrogens is 258 g/mol. The molecule has 1 amide bonds. The molecule has 1 aromatic carbocycles. The molecule has 0 spiro atoms. The van der Waals surface area contributed by atoms with Crippen molar-refractivity contribution in [2.24, 2.45) is 11.7 Å². The van der Waals surface area contributed by atoms with Crippen molar-refractivity contribution in [3.05, 3.63) is 24.3 Å². The Morgan fingerprint density at radius 1 is 1.37 bits per heavy atom. The smallest absolute Gasteiger partial charge is 0.237 e. The highest BCUT2D eigenvalue weighted by molar-refractivity contribution is 7.80. The zero-order valence-corrected chi connectivity index (χ0v) is 12.1. The Kier molecular flexibility index (Phi) is 4.04. The Labute approximate surface area is 119 Å². The van der Waals surface area contributed by atoms with Crippen LogP contribution < -0.4 is 15.5 Å². The number of hydrogen-bond donors (Lipinski definition) is 1. The van der Waals surface area contributed by atoms with E-state index in [4.69, 9.17) is 18.0 Å². The predicted octanol–water partition coefficient (Wildman–Crippen LogP) is 1.78. The van der Waals surface area contributed by atoms with Crippen LogP contribution in [0.15, 0.2) is 24.3 Å². The second kappa shape index (κ2) is 5.57. The zero-order chi connectivity index (χ0) is 14.0. The van der Waals surface area contributed by atoms with Crippen molar-refractivity contribution in [2.75, 3.05) is 29.9 Å². The first-order chi connectivity index (χ1) is 9.06. The topological polar surface area (TPSA) is 49.6 Å². The largest absolute Gasteiger partial charge is 0.393 e. The van der Waals surface area contributed by atoms with Gasteiger partial charge in [0.05, 0.1) is 22.3 Å². The van der Waals surface area contributed by atoms with Crippen LogP contribution in [-0.4, -0.2) is 31.0 Å². The van der Waals surface area contributed by atoms with Gasteiger partial charge < -0.3 is 15.5 Å². The molecule has 0 saturated heterocycles. The van der Waals surface area contributed by atoms with E-state index in [-0.39, 0.29) is 16.8 Å². The van der Waals surface area contributed by atoms with Gasteiger partial charge in [-0.25, -0.2) is 0 Å². The van der Waals surface area contributed by atoms with Gasteiger partial charge in [-0.1, -0.05) is 31.3 Å². The van der Waals surface area contributed by atoms with Crippen LogP contribution in [0, 0.1) is 5.92 Å². The van der Waals surface area contributed by atoms with Gasteiger partial charge in [0.15, 0.2) is 0 Å². The number of anilines is 2. The van der Waals surface area contributed by atoms with Crippen LogP contribution >= 0.6 is 12.2 Å². The number of hydrogen-bond acceptors (Lipinski definition) is 3. The standard InChI is InChI=1S/C14H19N3OS/c1-3-10(13(15)19)14(18)17-9-8-16(2)11-6-4-5-7-12(11)17/h4-7,10H,3,8-9H2,1-2H3,(H2,15,19).